The smallest absolute Gasteiger partial charge is 0.241 e. The Bertz CT molecular complexity index is 1080. The molecule has 3 nitrogen and oxygen atoms in total. The molecule has 0 radical (unpaired) electrons. The van der Waals surface area contributed by atoms with E-state index in [0.717, 1.165) is 31.9 Å². The van der Waals surface area contributed by atoms with Crippen molar-refractivity contribution in [2.45, 2.75) is 25.9 Å². The Morgan fingerprint density at radius 2 is 1.09 bits per heavy atom. The van der Waals surface area contributed by atoms with Crippen LogP contribution in [0.25, 0.3) is 0 Å². The van der Waals surface area contributed by atoms with Crippen LogP contribution in [0, 0.1) is 0 Å². The van der Waals surface area contributed by atoms with E-state index in [1.165, 1.54) is 22.3 Å². The van der Waals surface area contributed by atoms with Crippen LogP contribution in [-0.4, -0.2) is 13.1 Å². The van der Waals surface area contributed by atoms with E-state index < -0.39 is 0 Å². The molecule has 0 amide bonds. The lowest BCUT2D eigenvalue weighted by Gasteiger charge is -2.25. The molecule has 2 unspecified atom stereocenters. The van der Waals surface area contributed by atoms with Crippen molar-refractivity contribution < 1.29 is 14.5 Å². The van der Waals surface area contributed by atoms with Gasteiger partial charge in [-0.05, 0) is 23.8 Å². The first-order valence-corrected chi connectivity index (χ1v) is 11.9. The molecule has 5 rings (SSSR count). The standard InChI is InChI=1S/C30H30N2O/c1-4-11-25(12-5-1)22-31-19-20-32(23-26-13-6-2-7-14-26)30(31)28-17-10-18-29(21-28)33-24-27-15-8-3-9-16-27/h1-18,21,30H,19-20,22-24H2/p+2. The molecule has 0 bridgehead atoms. The van der Waals surface area contributed by atoms with E-state index in [-0.39, 0.29) is 0 Å². The molecule has 1 saturated heterocycles. The summed E-state index contributed by atoms with van der Waals surface area (Å²) in [7, 11) is 0. The van der Waals surface area contributed by atoms with E-state index in [4.69, 9.17) is 4.74 Å². The van der Waals surface area contributed by atoms with E-state index in [1.807, 2.05) is 6.07 Å². The minimum atomic E-state index is 0.380. The van der Waals surface area contributed by atoms with Gasteiger partial charge in [0.1, 0.15) is 38.5 Å². The number of quaternary nitrogens is 2. The van der Waals surface area contributed by atoms with Crippen LogP contribution < -0.4 is 14.5 Å². The van der Waals surface area contributed by atoms with Crippen molar-refractivity contribution >= 4 is 0 Å². The molecule has 166 valence electrons. The van der Waals surface area contributed by atoms with Gasteiger partial charge in [-0.15, -0.1) is 0 Å². The van der Waals surface area contributed by atoms with Crippen LogP contribution in [0.5, 0.6) is 5.75 Å². The summed E-state index contributed by atoms with van der Waals surface area (Å²) in [5, 5.41) is 0. The van der Waals surface area contributed by atoms with Crippen molar-refractivity contribution in [3.8, 4) is 5.75 Å². The van der Waals surface area contributed by atoms with Gasteiger partial charge in [-0.2, -0.15) is 0 Å². The molecule has 1 aliphatic heterocycles. The molecule has 2 atom stereocenters. The zero-order valence-electron chi connectivity index (χ0n) is 19.0. The van der Waals surface area contributed by atoms with Crippen molar-refractivity contribution in [1.82, 2.24) is 0 Å². The molecule has 2 N–H and O–H groups in total. The monoisotopic (exact) mass is 436 g/mol. The Kier molecular flexibility index (Phi) is 6.81. The maximum Gasteiger partial charge on any atom is 0.241 e. The van der Waals surface area contributed by atoms with Gasteiger partial charge in [0.15, 0.2) is 0 Å². The summed E-state index contributed by atoms with van der Waals surface area (Å²) >= 11 is 0. The number of hydrogen-bond acceptors (Lipinski definition) is 1. The number of ether oxygens (including phenoxy) is 1. The summed E-state index contributed by atoms with van der Waals surface area (Å²) in [5.41, 5.74) is 5.34. The Balaban J connectivity index is 1.38. The van der Waals surface area contributed by atoms with E-state index in [2.05, 4.69) is 109 Å². The van der Waals surface area contributed by atoms with Crippen LogP contribution in [0.3, 0.4) is 0 Å². The Morgan fingerprint density at radius 1 is 0.576 bits per heavy atom. The van der Waals surface area contributed by atoms with Crippen LogP contribution in [0.15, 0.2) is 115 Å². The van der Waals surface area contributed by atoms with Crippen molar-refractivity contribution in [3.63, 3.8) is 0 Å². The van der Waals surface area contributed by atoms with Crippen molar-refractivity contribution in [1.29, 1.82) is 0 Å². The molecule has 4 aromatic carbocycles. The fourth-order valence-electron chi connectivity index (χ4n) is 4.99. The molecule has 3 heteroatoms. The lowest BCUT2D eigenvalue weighted by Crippen LogP contribution is -3.22. The third kappa shape index (κ3) is 5.51. The summed E-state index contributed by atoms with van der Waals surface area (Å²) in [6, 6.07) is 40.9. The highest BCUT2D eigenvalue weighted by atomic mass is 16.5. The fourth-order valence-corrected chi connectivity index (χ4v) is 4.99. The van der Waals surface area contributed by atoms with Crippen molar-refractivity contribution in [3.05, 3.63) is 138 Å². The summed E-state index contributed by atoms with van der Waals surface area (Å²) < 4.78 is 6.18. The molecule has 0 saturated carbocycles. The van der Waals surface area contributed by atoms with Crippen LogP contribution >= 0.6 is 0 Å². The SMILES string of the molecule is c1ccc(COc2cccc(C3[NH+](Cc4ccccc4)CC[NH+]3Cc3ccccc3)c2)cc1. The van der Waals surface area contributed by atoms with Crippen LogP contribution in [-0.2, 0) is 19.7 Å². The summed E-state index contributed by atoms with van der Waals surface area (Å²) in [6.45, 7) is 5.00. The van der Waals surface area contributed by atoms with Crippen molar-refractivity contribution in [2.75, 3.05) is 13.1 Å². The first kappa shape index (κ1) is 21.4. The second-order valence-corrected chi connectivity index (χ2v) is 8.92. The number of nitrogens with one attached hydrogen (secondary N) is 2. The molecule has 33 heavy (non-hydrogen) atoms. The van der Waals surface area contributed by atoms with Crippen LogP contribution in [0.2, 0.25) is 0 Å². The average Bonchev–Trinajstić information content (AvgIpc) is 3.26. The maximum atomic E-state index is 6.18. The predicted molar refractivity (Wildman–Crippen MR) is 132 cm³/mol. The molecule has 0 aromatic heterocycles. The Labute approximate surface area is 196 Å². The molecule has 1 aliphatic rings. The summed E-state index contributed by atoms with van der Waals surface area (Å²) in [6.07, 6.45) is 0.380. The van der Waals surface area contributed by atoms with Gasteiger partial charge in [0.05, 0.1) is 5.56 Å². The lowest BCUT2D eigenvalue weighted by atomic mass is 10.1. The molecule has 4 aromatic rings. The topological polar surface area (TPSA) is 18.1 Å². The highest BCUT2D eigenvalue weighted by Gasteiger charge is 2.40. The third-order valence-corrected chi connectivity index (χ3v) is 6.57. The molecular weight excluding hydrogens is 404 g/mol. The largest absolute Gasteiger partial charge is 0.489 e. The van der Waals surface area contributed by atoms with E-state index >= 15 is 0 Å². The molecule has 0 aliphatic carbocycles. The molecule has 1 fully saturated rings. The fraction of sp³-hybridized carbons (Fsp3) is 0.200. The second-order valence-electron chi connectivity index (χ2n) is 8.92. The average molecular weight is 437 g/mol. The first-order valence-electron chi connectivity index (χ1n) is 11.9. The highest BCUT2D eigenvalue weighted by Crippen LogP contribution is 2.18. The van der Waals surface area contributed by atoms with Gasteiger partial charge in [-0.25, -0.2) is 0 Å². The van der Waals surface area contributed by atoms with Gasteiger partial charge in [-0.3, -0.25) is 9.80 Å². The van der Waals surface area contributed by atoms with Gasteiger partial charge in [0, 0.05) is 11.1 Å². The van der Waals surface area contributed by atoms with E-state index in [1.54, 1.807) is 9.80 Å². The Hall–Kier alpha value is -3.40. The Morgan fingerprint density at radius 3 is 1.64 bits per heavy atom. The van der Waals surface area contributed by atoms with Crippen LogP contribution in [0.1, 0.15) is 28.4 Å². The maximum absolute atomic E-state index is 6.18. The first-order chi connectivity index (χ1) is 16.3. The zero-order chi connectivity index (χ0) is 22.3. The van der Waals surface area contributed by atoms with Gasteiger partial charge < -0.3 is 4.74 Å². The van der Waals surface area contributed by atoms with Gasteiger partial charge in [-0.1, -0.05) is 97.1 Å². The van der Waals surface area contributed by atoms with Gasteiger partial charge in [0.25, 0.3) is 0 Å². The second kappa shape index (κ2) is 10.5. The quantitative estimate of drug-likeness (QED) is 0.433. The summed E-state index contributed by atoms with van der Waals surface area (Å²) in [4.78, 5) is 3.24. The van der Waals surface area contributed by atoms with Crippen molar-refractivity contribution in [2.24, 2.45) is 0 Å². The molecular formula is C30H32N2O+2. The minimum absolute atomic E-state index is 0.380. The molecule has 0 spiro atoms. The number of benzene rings is 4. The molecule has 1 heterocycles. The van der Waals surface area contributed by atoms with Gasteiger partial charge in [0.2, 0.25) is 6.17 Å². The lowest BCUT2D eigenvalue weighted by molar-refractivity contribution is -1.09. The van der Waals surface area contributed by atoms with Crippen LogP contribution in [0.4, 0.5) is 0 Å². The van der Waals surface area contributed by atoms with E-state index in [0.29, 0.717) is 12.8 Å². The normalized spacial score (nSPS) is 19.9. The summed E-state index contributed by atoms with van der Waals surface area (Å²) in [5.74, 6) is 0.946. The zero-order valence-corrected chi connectivity index (χ0v) is 19.0. The third-order valence-electron chi connectivity index (χ3n) is 6.57. The number of hydrogen-bond donors (Lipinski definition) is 2. The van der Waals surface area contributed by atoms with E-state index in [9.17, 15) is 0 Å². The minimum Gasteiger partial charge on any atom is -0.489 e. The predicted octanol–water partition coefficient (Wildman–Crippen LogP) is 3.45. The highest BCUT2D eigenvalue weighted by molar-refractivity contribution is 5.30. The number of rotatable bonds is 8. The van der Waals surface area contributed by atoms with Gasteiger partial charge >= 0.3 is 0 Å².